The van der Waals surface area contributed by atoms with Crippen LogP contribution in [0, 0.1) is 12.3 Å². The number of benzene rings is 1. The van der Waals surface area contributed by atoms with Gasteiger partial charge in [0.25, 0.3) is 0 Å². The predicted octanol–water partition coefficient (Wildman–Crippen LogP) is -7.74. The SMILES string of the molecule is [C-]#Cc1ccccc1.[Cl-].[Cl-].[Li+].[Mg+2]. The van der Waals surface area contributed by atoms with Gasteiger partial charge in [0.05, 0.1) is 0 Å². The van der Waals surface area contributed by atoms with E-state index in [0.29, 0.717) is 0 Å². The van der Waals surface area contributed by atoms with E-state index in [-0.39, 0.29) is 66.7 Å². The monoisotopic (exact) mass is 202 g/mol. The van der Waals surface area contributed by atoms with Crippen LogP contribution in [0.25, 0.3) is 0 Å². The fraction of sp³-hybridized carbons (Fsp3) is 0. The zero-order valence-corrected chi connectivity index (χ0v) is 9.78. The predicted molar refractivity (Wildman–Crippen MR) is 38.4 cm³/mol. The van der Waals surface area contributed by atoms with Crippen LogP contribution in [0.4, 0.5) is 0 Å². The van der Waals surface area contributed by atoms with Crippen molar-refractivity contribution >= 4 is 23.1 Å². The Morgan fingerprint density at radius 2 is 1.42 bits per heavy atom. The molecule has 0 radical (unpaired) electrons. The first-order chi connectivity index (χ1) is 3.93. The van der Waals surface area contributed by atoms with Crippen LogP contribution in [0.2, 0.25) is 0 Å². The number of rotatable bonds is 0. The molecule has 0 spiro atoms. The fourth-order valence-corrected chi connectivity index (χ4v) is 0.521. The molecule has 0 saturated heterocycles. The third-order valence-electron chi connectivity index (χ3n) is 0.918. The van der Waals surface area contributed by atoms with E-state index in [1.165, 1.54) is 0 Å². The van der Waals surface area contributed by atoms with Gasteiger partial charge in [0.2, 0.25) is 0 Å². The summed E-state index contributed by atoms with van der Waals surface area (Å²) in [5, 5.41) is 0. The molecule has 1 rings (SSSR count). The second-order valence-electron chi connectivity index (χ2n) is 1.49. The Morgan fingerprint density at radius 1 is 1.00 bits per heavy atom. The van der Waals surface area contributed by atoms with Crippen LogP contribution in [0.1, 0.15) is 5.56 Å². The van der Waals surface area contributed by atoms with Gasteiger partial charge in [0.1, 0.15) is 0 Å². The van der Waals surface area contributed by atoms with E-state index in [4.69, 9.17) is 6.42 Å². The summed E-state index contributed by atoms with van der Waals surface area (Å²) in [5.41, 5.74) is 0.826. The van der Waals surface area contributed by atoms with E-state index in [1.807, 2.05) is 30.3 Å². The first kappa shape index (κ1) is 23.0. The number of halogens is 2. The zero-order valence-electron chi connectivity index (χ0n) is 6.85. The molecule has 0 nitrogen and oxygen atoms in total. The normalized spacial score (nSPS) is 5.25. The van der Waals surface area contributed by atoms with Gasteiger partial charge < -0.3 is 31.2 Å². The van der Waals surface area contributed by atoms with E-state index in [2.05, 4.69) is 5.92 Å². The van der Waals surface area contributed by atoms with E-state index in [0.717, 1.165) is 5.56 Å². The molecule has 0 N–H and O–H groups in total. The fourth-order valence-electron chi connectivity index (χ4n) is 0.521. The summed E-state index contributed by atoms with van der Waals surface area (Å²) in [6.45, 7) is 0. The molecule has 0 aliphatic rings. The van der Waals surface area contributed by atoms with Crippen LogP contribution >= 0.6 is 0 Å². The first-order valence-corrected chi connectivity index (χ1v) is 2.41. The maximum atomic E-state index is 6.69. The van der Waals surface area contributed by atoms with Crippen molar-refractivity contribution in [2.75, 3.05) is 0 Å². The van der Waals surface area contributed by atoms with Crippen molar-refractivity contribution in [1.29, 1.82) is 0 Å². The molecule has 0 aliphatic heterocycles. The average molecular weight is 203 g/mol. The Bertz CT molecular complexity index is 208. The van der Waals surface area contributed by atoms with Gasteiger partial charge in [-0.05, 0) is 0 Å². The van der Waals surface area contributed by atoms with E-state index in [1.54, 1.807) is 0 Å². The average Bonchev–Trinajstić information content (AvgIpc) is 1.90. The van der Waals surface area contributed by atoms with Crippen LogP contribution < -0.4 is 43.7 Å². The van der Waals surface area contributed by atoms with Gasteiger partial charge in [0.15, 0.2) is 0 Å². The molecular weight excluding hydrogens is 198 g/mol. The van der Waals surface area contributed by atoms with E-state index < -0.39 is 0 Å². The molecule has 4 heteroatoms. The molecule has 54 valence electrons. The summed E-state index contributed by atoms with van der Waals surface area (Å²) < 4.78 is 0. The number of hydrogen-bond donors (Lipinski definition) is 0. The van der Waals surface area contributed by atoms with Crippen LogP contribution in [0.5, 0.6) is 0 Å². The summed E-state index contributed by atoms with van der Waals surface area (Å²) in [6, 6.07) is 9.37. The minimum Gasteiger partial charge on any atom is -1.00 e. The van der Waals surface area contributed by atoms with Crippen LogP contribution in [-0.4, -0.2) is 23.1 Å². The molecule has 12 heavy (non-hydrogen) atoms. The molecule has 1 aromatic carbocycles. The largest absolute Gasteiger partial charge is 2.00 e. The molecule has 0 amide bonds. The van der Waals surface area contributed by atoms with Crippen molar-refractivity contribution in [1.82, 2.24) is 0 Å². The molecule has 1 aromatic rings. The third-order valence-corrected chi connectivity index (χ3v) is 0.918. The summed E-state index contributed by atoms with van der Waals surface area (Å²) >= 11 is 0. The van der Waals surface area contributed by atoms with Crippen molar-refractivity contribution < 1.29 is 43.7 Å². The molecule has 0 bridgehead atoms. The Hall–Kier alpha value is 0.724. The Balaban J connectivity index is -0.0000000800. The molecule has 0 unspecified atom stereocenters. The van der Waals surface area contributed by atoms with Crippen LogP contribution in [-0.2, 0) is 0 Å². The van der Waals surface area contributed by atoms with Gasteiger partial charge >= 0.3 is 41.9 Å². The molecule has 0 heterocycles. The van der Waals surface area contributed by atoms with Gasteiger partial charge in [-0.25, -0.2) is 0 Å². The summed E-state index contributed by atoms with van der Waals surface area (Å²) in [7, 11) is 0. The molecule has 0 fully saturated rings. The standard InChI is InChI=1S/C8H5.2ClH.Li.Mg/c1-2-8-6-4-3-5-7-8;;;;/h3-7H;2*1H;;/q-1;;;+1;+2/p-2. The number of hydrogen-bond acceptors (Lipinski definition) is 0. The van der Waals surface area contributed by atoms with Crippen molar-refractivity contribution in [2.24, 2.45) is 0 Å². The molecule has 0 saturated carbocycles. The van der Waals surface area contributed by atoms with Crippen molar-refractivity contribution in [3.8, 4) is 5.92 Å². The van der Waals surface area contributed by atoms with E-state index >= 15 is 0 Å². The van der Waals surface area contributed by atoms with Gasteiger partial charge in [-0.3, -0.25) is 5.92 Å². The van der Waals surface area contributed by atoms with Gasteiger partial charge in [-0.15, -0.1) is 17.7 Å². The van der Waals surface area contributed by atoms with Crippen molar-refractivity contribution in [2.45, 2.75) is 0 Å². The molecule has 0 aromatic heterocycles. The van der Waals surface area contributed by atoms with Gasteiger partial charge in [-0.1, -0.05) is 18.2 Å². The zero-order chi connectivity index (χ0) is 5.82. The smallest absolute Gasteiger partial charge is 1.00 e. The van der Waals surface area contributed by atoms with Gasteiger partial charge in [0, 0.05) is 0 Å². The minimum absolute atomic E-state index is 0. The second-order valence-corrected chi connectivity index (χ2v) is 1.49. The maximum absolute atomic E-state index is 6.69. The van der Waals surface area contributed by atoms with Crippen LogP contribution in [0.3, 0.4) is 0 Å². The Morgan fingerprint density at radius 3 is 1.67 bits per heavy atom. The molecule has 0 aliphatic carbocycles. The topological polar surface area (TPSA) is 0 Å². The third kappa shape index (κ3) is 8.82. The van der Waals surface area contributed by atoms with Crippen molar-refractivity contribution in [3.05, 3.63) is 42.3 Å². The summed E-state index contributed by atoms with van der Waals surface area (Å²) in [5.74, 6) is 2.28. The van der Waals surface area contributed by atoms with Crippen molar-refractivity contribution in [3.63, 3.8) is 0 Å². The van der Waals surface area contributed by atoms with Crippen LogP contribution in [0.15, 0.2) is 30.3 Å². The van der Waals surface area contributed by atoms with Gasteiger partial charge in [-0.2, -0.15) is 0 Å². The quantitative estimate of drug-likeness (QED) is 0.223. The summed E-state index contributed by atoms with van der Waals surface area (Å²) in [6.07, 6.45) is 6.69. The minimum atomic E-state index is 0. The molecular formula is C8H5Cl2LiMg. The Labute approximate surface area is 114 Å². The maximum Gasteiger partial charge on any atom is 2.00 e. The second kappa shape index (κ2) is 14.3. The summed E-state index contributed by atoms with van der Waals surface area (Å²) in [4.78, 5) is 0. The first-order valence-electron chi connectivity index (χ1n) is 2.41. The Kier molecular flexibility index (Phi) is 27.3. The molecule has 0 atom stereocenters. The van der Waals surface area contributed by atoms with E-state index in [9.17, 15) is 0 Å².